The summed E-state index contributed by atoms with van der Waals surface area (Å²) in [4.78, 5) is 0. The van der Waals surface area contributed by atoms with Gasteiger partial charge in [-0.05, 0) is 30.3 Å². The van der Waals surface area contributed by atoms with Crippen LogP contribution in [0.5, 0.6) is 0 Å². The minimum Gasteiger partial charge on any atom is -0.375 e. The summed E-state index contributed by atoms with van der Waals surface area (Å²) < 4.78 is 20.7. The molecule has 4 heteroatoms. The fraction of sp³-hybridized carbons (Fsp3) is 0.294. The van der Waals surface area contributed by atoms with E-state index in [9.17, 15) is 4.39 Å². The molecule has 2 atom stereocenters. The van der Waals surface area contributed by atoms with E-state index in [0.29, 0.717) is 5.56 Å². The van der Waals surface area contributed by atoms with Gasteiger partial charge in [-0.1, -0.05) is 53.2 Å². The van der Waals surface area contributed by atoms with Gasteiger partial charge in [0.2, 0.25) is 0 Å². The third kappa shape index (κ3) is 3.90. The molecule has 2 unspecified atom stereocenters. The second kappa shape index (κ2) is 7.69. The molecule has 0 saturated heterocycles. The van der Waals surface area contributed by atoms with Crippen LogP contribution in [0.1, 0.15) is 30.2 Å². The second-order valence-electron chi connectivity index (χ2n) is 4.77. The Hall–Kier alpha value is -1.23. The maximum absolute atomic E-state index is 14.2. The minimum absolute atomic E-state index is 0.234. The molecule has 0 aliphatic rings. The molecule has 0 fully saturated rings. The van der Waals surface area contributed by atoms with Crippen LogP contribution < -0.4 is 5.32 Å². The van der Waals surface area contributed by atoms with Crippen LogP contribution in [0, 0.1) is 5.82 Å². The van der Waals surface area contributed by atoms with Crippen LogP contribution in [-0.4, -0.2) is 13.7 Å². The number of hydrogen-bond acceptors (Lipinski definition) is 2. The van der Waals surface area contributed by atoms with Crippen molar-refractivity contribution in [1.82, 2.24) is 5.32 Å². The topological polar surface area (TPSA) is 21.3 Å². The zero-order chi connectivity index (χ0) is 15.2. The Kier molecular flexibility index (Phi) is 5.91. The lowest BCUT2D eigenvalue weighted by molar-refractivity contribution is 0.0669. The summed E-state index contributed by atoms with van der Waals surface area (Å²) in [7, 11) is 1.65. The molecule has 0 spiro atoms. The van der Waals surface area contributed by atoms with Crippen LogP contribution in [-0.2, 0) is 4.74 Å². The van der Waals surface area contributed by atoms with Gasteiger partial charge in [0.1, 0.15) is 11.9 Å². The van der Waals surface area contributed by atoms with Gasteiger partial charge in [0.05, 0.1) is 6.04 Å². The van der Waals surface area contributed by atoms with Crippen molar-refractivity contribution in [3.8, 4) is 0 Å². The molecule has 2 nitrogen and oxygen atoms in total. The van der Waals surface area contributed by atoms with Crippen molar-refractivity contribution >= 4 is 15.9 Å². The third-order valence-corrected chi connectivity index (χ3v) is 3.90. The zero-order valence-corrected chi connectivity index (χ0v) is 13.7. The molecule has 2 rings (SSSR count). The van der Waals surface area contributed by atoms with Gasteiger partial charge in [0.25, 0.3) is 0 Å². The fourth-order valence-electron chi connectivity index (χ4n) is 2.46. The number of methoxy groups -OCH3 is 1. The van der Waals surface area contributed by atoms with E-state index in [2.05, 4.69) is 21.2 Å². The summed E-state index contributed by atoms with van der Waals surface area (Å²) in [5.41, 5.74) is 1.62. The van der Waals surface area contributed by atoms with Crippen LogP contribution in [0.2, 0.25) is 0 Å². The van der Waals surface area contributed by atoms with Crippen molar-refractivity contribution in [3.63, 3.8) is 0 Å². The Balaban J connectivity index is 2.43. The summed E-state index contributed by atoms with van der Waals surface area (Å²) in [6, 6.07) is 14.6. The largest absolute Gasteiger partial charge is 0.375 e. The predicted molar refractivity (Wildman–Crippen MR) is 86.7 cm³/mol. The summed E-state index contributed by atoms with van der Waals surface area (Å²) in [5, 5.41) is 3.33. The number of rotatable bonds is 6. The van der Waals surface area contributed by atoms with E-state index < -0.39 is 0 Å². The van der Waals surface area contributed by atoms with Crippen LogP contribution >= 0.6 is 15.9 Å². The van der Waals surface area contributed by atoms with Crippen molar-refractivity contribution in [2.45, 2.75) is 19.1 Å². The summed E-state index contributed by atoms with van der Waals surface area (Å²) >= 11 is 3.41. The quantitative estimate of drug-likeness (QED) is 0.819. The predicted octanol–water partition coefficient (Wildman–Crippen LogP) is 4.63. The molecule has 0 aliphatic carbocycles. The van der Waals surface area contributed by atoms with Gasteiger partial charge in [0.15, 0.2) is 0 Å². The molecule has 21 heavy (non-hydrogen) atoms. The summed E-state index contributed by atoms with van der Waals surface area (Å²) in [6.45, 7) is 2.73. The minimum atomic E-state index is -0.255. The van der Waals surface area contributed by atoms with Gasteiger partial charge >= 0.3 is 0 Å². The van der Waals surface area contributed by atoms with Gasteiger partial charge in [-0.2, -0.15) is 0 Å². The van der Waals surface area contributed by atoms with Crippen molar-refractivity contribution in [2.75, 3.05) is 13.7 Å². The normalized spacial score (nSPS) is 13.9. The smallest absolute Gasteiger partial charge is 0.128 e. The standard InChI is InChI=1S/C17H19BrFNO/c1-3-20-16(14-11-13(18)9-10-15(14)19)17(21-2)12-7-5-4-6-8-12/h4-11,16-17,20H,3H2,1-2H3. The fourth-order valence-corrected chi connectivity index (χ4v) is 2.84. The van der Waals surface area contributed by atoms with Crippen LogP contribution in [0.3, 0.4) is 0 Å². The number of benzene rings is 2. The zero-order valence-electron chi connectivity index (χ0n) is 12.1. The van der Waals surface area contributed by atoms with Crippen molar-refractivity contribution in [1.29, 1.82) is 0 Å². The van der Waals surface area contributed by atoms with Crippen molar-refractivity contribution in [3.05, 3.63) is 69.9 Å². The van der Waals surface area contributed by atoms with Crippen molar-refractivity contribution < 1.29 is 9.13 Å². The molecule has 0 bridgehead atoms. The number of halogens is 2. The number of nitrogens with one attached hydrogen (secondary N) is 1. The van der Waals surface area contributed by atoms with Crippen LogP contribution in [0.4, 0.5) is 4.39 Å². The Morgan fingerprint density at radius 2 is 1.90 bits per heavy atom. The number of hydrogen-bond donors (Lipinski definition) is 1. The van der Waals surface area contributed by atoms with Gasteiger partial charge in [-0.25, -0.2) is 4.39 Å². The Bertz CT molecular complexity index is 576. The molecular formula is C17H19BrFNO. The van der Waals surface area contributed by atoms with Gasteiger partial charge in [0, 0.05) is 17.1 Å². The highest BCUT2D eigenvalue weighted by Gasteiger charge is 2.26. The molecule has 0 amide bonds. The highest BCUT2D eigenvalue weighted by molar-refractivity contribution is 9.10. The number of ether oxygens (including phenoxy) is 1. The Morgan fingerprint density at radius 3 is 2.52 bits per heavy atom. The molecule has 0 radical (unpaired) electrons. The van der Waals surface area contributed by atoms with Gasteiger partial charge in [-0.15, -0.1) is 0 Å². The van der Waals surface area contributed by atoms with Crippen LogP contribution in [0.15, 0.2) is 53.0 Å². The van der Waals surface area contributed by atoms with E-state index in [1.165, 1.54) is 6.07 Å². The molecule has 2 aromatic carbocycles. The van der Waals surface area contributed by atoms with Gasteiger partial charge < -0.3 is 10.1 Å². The first kappa shape index (κ1) is 16.1. The molecule has 0 saturated carbocycles. The maximum Gasteiger partial charge on any atom is 0.128 e. The van der Waals surface area contributed by atoms with Crippen LogP contribution in [0.25, 0.3) is 0 Å². The average molecular weight is 352 g/mol. The molecule has 0 aromatic heterocycles. The first-order valence-corrected chi connectivity index (χ1v) is 7.72. The first-order chi connectivity index (χ1) is 10.2. The SMILES string of the molecule is CCNC(c1cc(Br)ccc1F)C(OC)c1ccccc1. The summed E-state index contributed by atoms with van der Waals surface area (Å²) in [6.07, 6.45) is -0.255. The number of likely N-dealkylation sites (N-methyl/N-ethyl adjacent to an activating group) is 1. The van der Waals surface area contributed by atoms with E-state index in [0.717, 1.165) is 16.6 Å². The van der Waals surface area contributed by atoms with E-state index in [4.69, 9.17) is 4.74 Å². The lowest BCUT2D eigenvalue weighted by atomic mass is 9.95. The molecule has 0 heterocycles. The van der Waals surface area contributed by atoms with Gasteiger partial charge in [-0.3, -0.25) is 0 Å². The first-order valence-electron chi connectivity index (χ1n) is 6.93. The lowest BCUT2D eigenvalue weighted by Crippen LogP contribution is -2.29. The lowest BCUT2D eigenvalue weighted by Gasteiger charge is -2.28. The molecule has 112 valence electrons. The highest BCUT2D eigenvalue weighted by atomic mass is 79.9. The maximum atomic E-state index is 14.2. The van der Waals surface area contributed by atoms with E-state index in [1.807, 2.05) is 37.3 Å². The Labute approximate surface area is 133 Å². The van der Waals surface area contributed by atoms with E-state index in [-0.39, 0.29) is 18.0 Å². The Morgan fingerprint density at radius 1 is 1.19 bits per heavy atom. The highest BCUT2D eigenvalue weighted by Crippen LogP contribution is 2.34. The van der Waals surface area contributed by atoms with E-state index >= 15 is 0 Å². The van der Waals surface area contributed by atoms with Crippen molar-refractivity contribution in [2.24, 2.45) is 0 Å². The third-order valence-electron chi connectivity index (χ3n) is 3.40. The monoisotopic (exact) mass is 351 g/mol. The summed E-state index contributed by atoms with van der Waals surface area (Å²) in [5.74, 6) is -0.234. The molecular weight excluding hydrogens is 333 g/mol. The molecule has 1 N–H and O–H groups in total. The second-order valence-corrected chi connectivity index (χ2v) is 5.68. The molecule has 0 aliphatic heterocycles. The molecule has 2 aromatic rings. The van der Waals surface area contributed by atoms with E-state index in [1.54, 1.807) is 19.2 Å². The average Bonchev–Trinajstić information content (AvgIpc) is 2.51.